The smallest absolute Gasteiger partial charge is 0.202 e. The fourth-order valence-electron chi connectivity index (χ4n) is 2.99. The van der Waals surface area contributed by atoms with Crippen molar-refractivity contribution in [1.29, 1.82) is 0 Å². The molecule has 5 nitrogen and oxygen atoms in total. The summed E-state index contributed by atoms with van der Waals surface area (Å²) in [5, 5.41) is 0. The number of aromatic nitrogens is 2. The zero-order chi connectivity index (χ0) is 14.8. The number of hydrogen-bond acceptors (Lipinski definition) is 4. The summed E-state index contributed by atoms with van der Waals surface area (Å²) in [6.07, 6.45) is 5.48. The molecule has 0 aliphatic carbocycles. The van der Waals surface area contributed by atoms with E-state index in [9.17, 15) is 4.79 Å². The van der Waals surface area contributed by atoms with E-state index in [2.05, 4.69) is 9.88 Å². The highest BCUT2D eigenvalue weighted by atomic mass is 16.3. The Labute approximate surface area is 124 Å². The van der Waals surface area contributed by atoms with Gasteiger partial charge in [-0.1, -0.05) is 0 Å². The third-order valence-corrected chi connectivity index (χ3v) is 4.09. The zero-order valence-corrected chi connectivity index (χ0v) is 12.6. The van der Waals surface area contributed by atoms with E-state index in [1.165, 1.54) is 0 Å². The Hall–Kier alpha value is -1.88. The lowest BCUT2D eigenvalue weighted by Crippen LogP contribution is -2.38. The Balaban J connectivity index is 1.65. The molecule has 0 N–H and O–H groups in total. The van der Waals surface area contributed by atoms with Crippen LogP contribution < -0.4 is 0 Å². The maximum absolute atomic E-state index is 12.6. The van der Waals surface area contributed by atoms with Crippen molar-refractivity contribution in [3.05, 3.63) is 41.9 Å². The minimum Gasteiger partial charge on any atom is -0.465 e. The van der Waals surface area contributed by atoms with E-state index < -0.39 is 0 Å². The maximum atomic E-state index is 12.6. The summed E-state index contributed by atoms with van der Waals surface area (Å²) in [5.41, 5.74) is 0. The molecule has 1 aliphatic rings. The lowest BCUT2D eigenvalue weighted by atomic mass is 9.93. The summed E-state index contributed by atoms with van der Waals surface area (Å²) < 4.78 is 7.43. The predicted molar refractivity (Wildman–Crippen MR) is 79.0 cm³/mol. The van der Waals surface area contributed by atoms with Gasteiger partial charge in [0.1, 0.15) is 11.5 Å². The minimum atomic E-state index is 0.0379. The molecule has 0 saturated carbocycles. The molecule has 1 aliphatic heterocycles. The van der Waals surface area contributed by atoms with Crippen molar-refractivity contribution in [3.8, 4) is 0 Å². The van der Waals surface area contributed by atoms with Gasteiger partial charge in [0.15, 0.2) is 5.82 Å². The molecule has 0 radical (unpaired) electrons. The highest BCUT2D eigenvalue weighted by Crippen LogP contribution is 2.22. The number of imidazole rings is 1. The van der Waals surface area contributed by atoms with Crippen molar-refractivity contribution in [2.45, 2.75) is 26.3 Å². The molecule has 0 aromatic carbocycles. The molecule has 1 saturated heterocycles. The number of carbonyl (C=O) groups excluding carboxylic acids is 1. The van der Waals surface area contributed by atoms with E-state index >= 15 is 0 Å². The number of furan rings is 1. The van der Waals surface area contributed by atoms with Crippen LogP contribution in [-0.2, 0) is 13.6 Å². The highest BCUT2D eigenvalue weighted by molar-refractivity contribution is 5.94. The maximum Gasteiger partial charge on any atom is 0.202 e. The SMILES string of the molecule is Cc1ccc(CN2CCC[C@@H](C(=O)c3nccn3C)C2)o1. The van der Waals surface area contributed by atoms with Crippen molar-refractivity contribution in [1.82, 2.24) is 14.5 Å². The monoisotopic (exact) mass is 287 g/mol. The Bertz CT molecular complexity index is 629. The van der Waals surface area contributed by atoms with Crippen molar-refractivity contribution in [3.63, 3.8) is 0 Å². The molecular formula is C16H21N3O2. The first kappa shape index (κ1) is 14.1. The van der Waals surface area contributed by atoms with E-state index in [-0.39, 0.29) is 11.7 Å². The fraction of sp³-hybridized carbons (Fsp3) is 0.500. The quantitative estimate of drug-likeness (QED) is 0.810. The molecule has 2 aromatic rings. The number of carbonyl (C=O) groups is 1. The number of likely N-dealkylation sites (tertiary alicyclic amines) is 1. The number of rotatable bonds is 4. The molecular weight excluding hydrogens is 266 g/mol. The Morgan fingerprint density at radius 2 is 2.33 bits per heavy atom. The van der Waals surface area contributed by atoms with Gasteiger partial charge in [-0.25, -0.2) is 4.98 Å². The molecule has 3 heterocycles. The van der Waals surface area contributed by atoms with Crippen LogP contribution in [0, 0.1) is 12.8 Å². The number of aryl methyl sites for hydroxylation is 2. The zero-order valence-electron chi connectivity index (χ0n) is 12.6. The van der Waals surface area contributed by atoms with Gasteiger partial charge in [0.05, 0.1) is 6.54 Å². The van der Waals surface area contributed by atoms with Crippen LogP contribution in [0.15, 0.2) is 28.9 Å². The molecule has 3 rings (SSSR count). The standard InChI is InChI=1S/C16H21N3O2/c1-12-5-6-14(21-12)11-19-8-3-4-13(10-19)15(20)16-17-7-9-18(16)2/h5-7,9,13H,3-4,8,10-11H2,1-2H3/t13-/m1/s1. The lowest BCUT2D eigenvalue weighted by Gasteiger charge is -2.31. The van der Waals surface area contributed by atoms with Gasteiger partial charge in [-0.2, -0.15) is 0 Å². The Morgan fingerprint density at radius 1 is 1.48 bits per heavy atom. The fourth-order valence-corrected chi connectivity index (χ4v) is 2.99. The lowest BCUT2D eigenvalue weighted by molar-refractivity contribution is 0.0788. The summed E-state index contributed by atoms with van der Waals surface area (Å²) in [7, 11) is 1.87. The van der Waals surface area contributed by atoms with Gasteiger partial charge in [-0.3, -0.25) is 9.69 Å². The minimum absolute atomic E-state index is 0.0379. The highest BCUT2D eigenvalue weighted by Gasteiger charge is 2.28. The normalized spacial score (nSPS) is 19.8. The van der Waals surface area contributed by atoms with E-state index in [4.69, 9.17) is 4.42 Å². The number of piperidine rings is 1. The molecule has 1 fully saturated rings. The van der Waals surface area contributed by atoms with Crippen LogP contribution in [0.4, 0.5) is 0 Å². The van der Waals surface area contributed by atoms with Crippen LogP contribution >= 0.6 is 0 Å². The molecule has 0 unspecified atom stereocenters. The first-order chi connectivity index (χ1) is 10.1. The number of nitrogens with zero attached hydrogens (tertiary/aromatic N) is 3. The molecule has 2 aromatic heterocycles. The van der Waals surface area contributed by atoms with E-state index in [1.807, 2.05) is 32.3 Å². The van der Waals surface area contributed by atoms with Gasteiger partial charge in [-0.15, -0.1) is 0 Å². The third-order valence-electron chi connectivity index (χ3n) is 4.09. The number of ketones is 1. The molecule has 1 atom stereocenters. The van der Waals surface area contributed by atoms with Gasteiger partial charge >= 0.3 is 0 Å². The largest absolute Gasteiger partial charge is 0.465 e. The number of Topliss-reactive ketones (excluding diaryl/α,β-unsaturated/α-hetero) is 1. The van der Waals surface area contributed by atoms with Gasteiger partial charge in [0.25, 0.3) is 0 Å². The second kappa shape index (κ2) is 5.85. The van der Waals surface area contributed by atoms with Crippen LogP contribution in [0.3, 0.4) is 0 Å². The van der Waals surface area contributed by atoms with Crippen molar-refractivity contribution < 1.29 is 9.21 Å². The van der Waals surface area contributed by atoms with Crippen LogP contribution in [0.5, 0.6) is 0 Å². The van der Waals surface area contributed by atoms with Gasteiger partial charge < -0.3 is 8.98 Å². The molecule has 5 heteroatoms. The van der Waals surface area contributed by atoms with Crippen molar-refractivity contribution >= 4 is 5.78 Å². The topological polar surface area (TPSA) is 51.3 Å². The van der Waals surface area contributed by atoms with Crippen molar-refractivity contribution in [2.24, 2.45) is 13.0 Å². The first-order valence-electron chi connectivity index (χ1n) is 7.42. The average Bonchev–Trinajstić information content (AvgIpc) is 3.07. The summed E-state index contributed by atoms with van der Waals surface area (Å²) in [5.74, 6) is 2.66. The van der Waals surface area contributed by atoms with Gasteiger partial charge in [0.2, 0.25) is 5.78 Å². The summed E-state index contributed by atoms with van der Waals surface area (Å²) in [6, 6.07) is 4.00. The van der Waals surface area contributed by atoms with Crippen LogP contribution in [0.25, 0.3) is 0 Å². The van der Waals surface area contributed by atoms with Crippen LogP contribution in [-0.4, -0.2) is 33.3 Å². The van der Waals surface area contributed by atoms with E-state index in [0.29, 0.717) is 5.82 Å². The van der Waals surface area contributed by atoms with Crippen LogP contribution in [0.1, 0.15) is 35.0 Å². The van der Waals surface area contributed by atoms with E-state index in [0.717, 1.165) is 44.0 Å². The Kier molecular flexibility index (Phi) is 3.92. The first-order valence-corrected chi connectivity index (χ1v) is 7.42. The molecule has 21 heavy (non-hydrogen) atoms. The average molecular weight is 287 g/mol. The molecule has 0 amide bonds. The third kappa shape index (κ3) is 3.08. The second-order valence-corrected chi connectivity index (χ2v) is 5.81. The van der Waals surface area contributed by atoms with Gasteiger partial charge in [0, 0.05) is 31.9 Å². The molecule has 112 valence electrons. The second-order valence-electron chi connectivity index (χ2n) is 5.81. The Morgan fingerprint density at radius 3 is 3.00 bits per heavy atom. The molecule has 0 spiro atoms. The summed E-state index contributed by atoms with van der Waals surface area (Å²) in [6.45, 7) is 4.53. The summed E-state index contributed by atoms with van der Waals surface area (Å²) >= 11 is 0. The predicted octanol–water partition coefficient (Wildman–Crippen LogP) is 2.42. The molecule has 0 bridgehead atoms. The van der Waals surface area contributed by atoms with Gasteiger partial charge in [-0.05, 0) is 38.4 Å². The summed E-state index contributed by atoms with van der Waals surface area (Å²) in [4.78, 5) is 19.0. The number of hydrogen-bond donors (Lipinski definition) is 0. The van der Waals surface area contributed by atoms with Crippen LogP contribution in [0.2, 0.25) is 0 Å². The van der Waals surface area contributed by atoms with Crippen molar-refractivity contribution in [2.75, 3.05) is 13.1 Å². The van der Waals surface area contributed by atoms with E-state index in [1.54, 1.807) is 10.8 Å².